The number of benzene rings is 3. The number of rotatable bonds is 15. The van der Waals surface area contributed by atoms with Crippen molar-refractivity contribution in [3.63, 3.8) is 0 Å². The van der Waals surface area contributed by atoms with Crippen LogP contribution in [0.2, 0.25) is 5.02 Å². The highest BCUT2D eigenvalue weighted by Gasteiger charge is 2.37. The number of hydrogen-bond acceptors (Lipinski definition) is 9. The Balaban J connectivity index is 1.20. The standard InChI is InChI=1S/C38H41ClFN5O6/c1-50-21-24-13-33(43-18-25(24)17-41-26(19-46)20-47)38(49)45-12-11-28-27(5-4-8-34(28)45)29-6-3-7-31(36(29)39)44-37(48)22-9-10-23(35(14-22)51-2)16-42-32-15-30(32)40/h3-10,13-14,18,26,30,32,41-42,46-47H,11-12,15-17,19-21H2,1-2H3,(H,44,48)/t30-,32+/m0/s1. The van der Waals surface area contributed by atoms with E-state index in [0.29, 0.717) is 60.1 Å². The molecule has 268 valence electrons. The lowest BCUT2D eigenvalue weighted by atomic mass is 9.97. The van der Waals surface area contributed by atoms with Crippen LogP contribution in [0.25, 0.3) is 11.1 Å². The third-order valence-corrected chi connectivity index (χ3v) is 9.66. The molecule has 1 fully saturated rings. The van der Waals surface area contributed by atoms with Crippen molar-refractivity contribution in [3.8, 4) is 16.9 Å². The van der Waals surface area contributed by atoms with Gasteiger partial charge in [0, 0.05) is 61.4 Å². The molecule has 2 aliphatic rings. The highest BCUT2D eigenvalue weighted by atomic mass is 35.5. The molecule has 1 aromatic heterocycles. The van der Waals surface area contributed by atoms with Crippen molar-refractivity contribution in [2.75, 3.05) is 44.2 Å². The topological polar surface area (TPSA) is 145 Å². The predicted octanol–water partition coefficient (Wildman–Crippen LogP) is 4.66. The number of methoxy groups -OCH3 is 2. The molecule has 2 amide bonds. The fraction of sp³-hybridized carbons (Fsp3) is 0.342. The molecule has 4 aromatic rings. The smallest absolute Gasteiger partial charge is 0.276 e. The van der Waals surface area contributed by atoms with Gasteiger partial charge in [0.25, 0.3) is 11.8 Å². The van der Waals surface area contributed by atoms with Gasteiger partial charge in [-0.3, -0.25) is 14.6 Å². The van der Waals surface area contributed by atoms with E-state index in [1.165, 1.54) is 7.11 Å². The highest BCUT2D eigenvalue weighted by Crippen LogP contribution is 2.41. The first-order chi connectivity index (χ1) is 24.8. The Bertz CT molecular complexity index is 1910. The number of ether oxygens (including phenoxy) is 2. The van der Waals surface area contributed by atoms with Crippen LogP contribution in [-0.4, -0.2) is 79.2 Å². The van der Waals surface area contributed by atoms with E-state index in [4.69, 9.17) is 21.1 Å². The monoisotopic (exact) mass is 717 g/mol. The summed E-state index contributed by atoms with van der Waals surface area (Å²) in [5.41, 5.74) is 6.74. The van der Waals surface area contributed by atoms with Gasteiger partial charge in [-0.25, -0.2) is 4.39 Å². The Morgan fingerprint density at radius 2 is 1.78 bits per heavy atom. The zero-order valence-electron chi connectivity index (χ0n) is 28.4. The molecule has 1 saturated carbocycles. The van der Waals surface area contributed by atoms with Crippen molar-refractivity contribution < 1.29 is 33.7 Å². The summed E-state index contributed by atoms with van der Waals surface area (Å²) in [4.78, 5) is 33.4. The third-order valence-electron chi connectivity index (χ3n) is 9.25. The minimum atomic E-state index is -0.815. The van der Waals surface area contributed by atoms with Crippen LogP contribution < -0.4 is 25.6 Å². The Kier molecular flexibility index (Phi) is 11.6. The van der Waals surface area contributed by atoms with E-state index >= 15 is 0 Å². The summed E-state index contributed by atoms with van der Waals surface area (Å²) in [5, 5.41) is 28.3. The fourth-order valence-corrected chi connectivity index (χ4v) is 6.52. The number of carbonyl (C=O) groups is 2. The number of aromatic nitrogens is 1. The van der Waals surface area contributed by atoms with Gasteiger partial charge in [0.15, 0.2) is 0 Å². The number of fused-ring (bicyclic) bond motifs is 1. The van der Waals surface area contributed by atoms with Crippen LogP contribution in [0.15, 0.2) is 66.9 Å². The molecule has 0 radical (unpaired) electrons. The van der Waals surface area contributed by atoms with Crippen LogP contribution in [-0.2, 0) is 30.9 Å². The molecule has 3 aromatic carbocycles. The van der Waals surface area contributed by atoms with Crippen molar-refractivity contribution in [3.05, 3.63) is 105 Å². The average molecular weight is 718 g/mol. The Morgan fingerprint density at radius 3 is 2.51 bits per heavy atom. The van der Waals surface area contributed by atoms with Gasteiger partial charge in [-0.05, 0) is 65.4 Å². The molecule has 51 heavy (non-hydrogen) atoms. The lowest BCUT2D eigenvalue weighted by Gasteiger charge is -2.20. The van der Waals surface area contributed by atoms with Gasteiger partial charge in [-0.15, -0.1) is 0 Å². The summed E-state index contributed by atoms with van der Waals surface area (Å²) in [6, 6.07) is 17.4. The van der Waals surface area contributed by atoms with E-state index in [2.05, 4.69) is 20.9 Å². The fourth-order valence-electron chi connectivity index (χ4n) is 6.25. The summed E-state index contributed by atoms with van der Waals surface area (Å²) in [6.45, 7) is 1.04. The van der Waals surface area contributed by atoms with Crippen molar-refractivity contribution >= 4 is 34.8 Å². The van der Waals surface area contributed by atoms with Gasteiger partial charge in [0.1, 0.15) is 17.6 Å². The summed E-state index contributed by atoms with van der Waals surface area (Å²) in [6.07, 6.45) is 1.90. The second-order valence-electron chi connectivity index (χ2n) is 12.6. The van der Waals surface area contributed by atoms with Gasteiger partial charge in [-0.2, -0.15) is 0 Å². The Labute approximate surface area is 300 Å². The molecule has 1 aliphatic heterocycles. The van der Waals surface area contributed by atoms with Crippen LogP contribution in [0.1, 0.15) is 49.5 Å². The van der Waals surface area contributed by atoms with E-state index in [-0.39, 0.29) is 43.4 Å². The number of halogens is 2. The van der Waals surface area contributed by atoms with E-state index in [9.17, 15) is 24.2 Å². The first-order valence-corrected chi connectivity index (χ1v) is 17.1. The molecule has 1 aliphatic carbocycles. The molecular formula is C38H41ClFN5O6. The quantitative estimate of drug-likeness (QED) is 0.119. The summed E-state index contributed by atoms with van der Waals surface area (Å²) in [5.74, 6) is -0.0937. The SMILES string of the molecule is COCc1cc(C(=O)N2CCc3c(-c4cccc(NC(=O)c5ccc(CN[C@@H]6C[C@@H]6F)c(OC)c5)c4Cl)cccc32)ncc1CNC(CO)CO. The average Bonchev–Trinajstić information content (AvgIpc) is 3.69. The van der Waals surface area contributed by atoms with E-state index in [1.54, 1.807) is 48.5 Å². The normalized spacial score (nSPS) is 16.3. The molecule has 13 heteroatoms. The number of nitrogens with zero attached hydrogens (tertiary/aromatic N) is 2. The summed E-state index contributed by atoms with van der Waals surface area (Å²) < 4.78 is 24.2. The number of amides is 2. The third kappa shape index (κ3) is 8.06. The number of anilines is 2. The van der Waals surface area contributed by atoms with Crippen LogP contribution in [0, 0.1) is 0 Å². The molecule has 11 nitrogen and oxygen atoms in total. The minimum Gasteiger partial charge on any atom is -0.496 e. The highest BCUT2D eigenvalue weighted by molar-refractivity contribution is 6.36. The number of alkyl halides is 1. The zero-order chi connectivity index (χ0) is 36.1. The number of hydrogen-bond donors (Lipinski definition) is 5. The molecule has 2 heterocycles. The molecule has 2 atom stereocenters. The van der Waals surface area contributed by atoms with Crippen LogP contribution in [0.4, 0.5) is 15.8 Å². The maximum Gasteiger partial charge on any atom is 0.276 e. The van der Waals surface area contributed by atoms with Gasteiger partial charge < -0.3 is 40.5 Å². The second-order valence-corrected chi connectivity index (χ2v) is 13.0. The van der Waals surface area contributed by atoms with Crippen molar-refractivity contribution in [2.45, 2.75) is 50.8 Å². The van der Waals surface area contributed by atoms with Crippen LogP contribution in [0.3, 0.4) is 0 Å². The largest absolute Gasteiger partial charge is 0.496 e. The number of aliphatic hydroxyl groups is 2. The molecule has 0 spiro atoms. The van der Waals surface area contributed by atoms with Crippen molar-refractivity contribution in [2.24, 2.45) is 0 Å². The van der Waals surface area contributed by atoms with Gasteiger partial charge >= 0.3 is 0 Å². The molecule has 0 unspecified atom stereocenters. The number of nitrogens with one attached hydrogen (secondary N) is 3. The Morgan fingerprint density at radius 1 is 1.02 bits per heavy atom. The zero-order valence-corrected chi connectivity index (χ0v) is 29.2. The summed E-state index contributed by atoms with van der Waals surface area (Å²) >= 11 is 6.96. The molecule has 0 saturated heterocycles. The predicted molar refractivity (Wildman–Crippen MR) is 193 cm³/mol. The van der Waals surface area contributed by atoms with Crippen LogP contribution >= 0.6 is 11.6 Å². The van der Waals surface area contributed by atoms with Gasteiger partial charge in [0.2, 0.25) is 0 Å². The minimum absolute atomic E-state index is 0.140. The molecule has 5 N–H and O–H groups in total. The van der Waals surface area contributed by atoms with Gasteiger partial charge in [0.05, 0.1) is 43.7 Å². The maximum absolute atomic E-state index is 13.8. The first-order valence-electron chi connectivity index (χ1n) is 16.8. The second kappa shape index (κ2) is 16.3. The van der Waals surface area contributed by atoms with E-state index in [1.807, 2.05) is 30.3 Å². The lowest BCUT2D eigenvalue weighted by Crippen LogP contribution is -2.35. The van der Waals surface area contributed by atoms with Crippen molar-refractivity contribution in [1.82, 2.24) is 15.6 Å². The number of pyridine rings is 1. The van der Waals surface area contributed by atoms with Crippen molar-refractivity contribution in [1.29, 1.82) is 0 Å². The Hall–Kier alpha value is -4.43. The molecule has 6 rings (SSSR count). The van der Waals surface area contributed by atoms with E-state index < -0.39 is 12.2 Å². The van der Waals surface area contributed by atoms with Gasteiger partial charge in [-0.1, -0.05) is 41.9 Å². The number of carbonyl (C=O) groups excluding carboxylic acids is 2. The van der Waals surface area contributed by atoms with E-state index in [0.717, 1.165) is 33.5 Å². The number of aliphatic hydroxyl groups excluding tert-OH is 2. The van der Waals surface area contributed by atoms with Crippen LogP contribution in [0.5, 0.6) is 5.75 Å². The lowest BCUT2D eigenvalue weighted by molar-refractivity contribution is 0.0982. The maximum atomic E-state index is 13.8. The molecular weight excluding hydrogens is 677 g/mol. The first kappa shape index (κ1) is 36.4. The molecule has 0 bridgehead atoms. The summed E-state index contributed by atoms with van der Waals surface area (Å²) in [7, 11) is 3.10.